The van der Waals surface area contributed by atoms with E-state index >= 15 is 0 Å². The van der Waals surface area contributed by atoms with E-state index in [0.29, 0.717) is 12.5 Å². The highest BCUT2D eigenvalue weighted by Crippen LogP contribution is 2.19. The molecule has 5 heteroatoms. The summed E-state index contributed by atoms with van der Waals surface area (Å²) in [6, 6.07) is 0. The molecule has 16 heavy (non-hydrogen) atoms. The van der Waals surface area contributed by atoms with Gasteiger partial charge in [0.1, 0.15) is 12.4 Å². The maximum absolute atomic E-state index is 5.68. The Kier molecular flexibility index (Phi) is 3.56. The molecule has 1 aliphatic heterocycles. The minimum atomic E-state index is 0.230. The first-order valence-electron chi connectivity index (χ1n) is 5.93. The molecule has 2 rings (SSSR count). The monoisotopic (exact) mass is 224 g/mol. The van der Waals surface area contributed by atoms with E-state index in [1.807, 2.05) is 13.8 Å². The average molecular weight is 224 g/mol. The fraction of sp³-hybridized carbons (Fsp3) is 0.818. The number of ether oxygens (including phenoxy) is 1. The van der Waals surface area contributed by atoms with Gasteiger partial charge in [0.25, 0.3) is 0 Å². The molecule has 5 nitrogen and oxygen atoms in total. The molecule has 1 unspecified atom stereocenters. The number of hydrogen-bond donors (Lipinski definition) is 1. The first kappa shape index (κ1) is 11.5. The third-order valence-corrected chi connectivity index (χ3v) is 3.02. The van der Waals surface area contributed by atoms with Crippen LogP contribution < -0.4 is 5.73 Å². The van der Waals surface area contributed by atoms with Crippen LogP contribution in [-0.2, 0) is 24.3 Å². The minimum absolute atomic E-state index is 0.230. The first-order valence-corrected chi connectivity index (χ1v) is 5.93. The van der Waals surface area contributed by atoms with Crippen molar-refractivity contribution in [2.75, 3.05) is 6.54 Å². The molecule has 0 saturated carbocycles. The van der Waals surface area contributed by atoms with Crippen molar-refractivity contribution in [3.8, 4) is 0 Å². The molecule has 0 saturated heterocycles. The molecule has 0 aromatic carbocycles. The zero-order valence-electron chi connectivity index (χ0n) is 10.0. The maximum atomic E-state index is 5.68. The quantitative estimate of drug-likeness (QED) is 0.818. The van der Waals surface area contributed by atoms with Gasteiger partial charge in [-0.3, -0.25) is 0 Å². The summed E-state index contributed by atoms with van der Waals surface area (Å²) in [6.07, 6.45) is 2.30. The summed E-state index contributed by atoms with van der Waals surface area (Å²) in [5.41, 5.74) is 5.68. The molecule has 0 amide bonds. The Balaban J connectivity index is 2.04. The number of nitrogens with two attached hydrogens (primary N) is 1. The molecule has 1 atom stereocenters. The Hall–Kier alpha value is -0.940. The largest absolute Gasteiger partial charge is 0.371 e. The molecule has 1 aliphatic rings. The van der Waals surface area contributed by atoms with E-state index in [0.717, 1.165) is 37.6 Å². The zero-order valence-corrected chi connectivity index (χ0v) is 10.0. The number of aromatic nitrogens is 3. The molecule has 1 aromatic rings. The molecular formula is C11H20N4O. The number of nitrogens with zero attached hydrogens (tertiary/aromatic N) is 3. The van der Waals surface area contributed by atoms with E-state index in [1.165, 1.54) is 0 Å². The third kappa shape index (κ3) is 2.41. The van der Waals surface area contributed by atoms with Gasteiger partial charge in [0.2, 0.25) is 0 Å². The van der Waals surface area contributed by atoms with E-state index in [1.54, 1.807) is 0 Å². The van der Waals surface area contributed by atoms with Gasteiger partial charge < -0.3 is 15.0 Å². The van der Waals surface area contributed by atoms with Crippen LogP contribution in [0.4, 0.5) is 0 Å². The van der Waals surface area contributed by atoms with Crippen LogP contribution in [0.25, 0.3) is 0 Å². The zero-order chi connectivity index (χ0) is 11.5. The second kappa shape index (κ2) is 4.93. The van der Waals surface area contributed by atoms with Crippen molar-refractivity contribution >= 4 is 0 Å². The number of fused-ring (bicyclic) bond motifs is 1. The number of hydrogen-bond acceptors (Lipinski definition) is 4. The lowest BCUT2D eigenvalue weighted by Gasteiger charge is -2.22. The van der Waals surface area contributed by atoms with Gasteiger partial charge in [0.15, 0.2) is 5.82 Å². The van der Waals surface area contributed by atoms with Gasteiger partial charge in [0, 0.05) is 13.0 Å². The van der Waals surface area contributed by atoms with E-state index in [-0.39, 0.29) is 6.10 Å². The van der Waals surface area contributed by atoms with Crippen LogP contribution in [-0.4, -0.2) is 27.4 Å². The summed E-state index contributed by atoms with van der Waals surface area (Å²) in [5.74, 6) is 2.57. The molecular weight excluding hydrogens is 204 g/mol. The van der Waals surface area contributed by atoms with Gasteiger partial charge >= 0.3 is 0 Å². The van der Waals surface area contributed by atoms with E-state index in [4.69, 9.17) is 10.5 Å². The Bertz CT molecular complexity index is 348. The molecule has 0 aliphatic carbocycles. The summed E-state index contributed by atoms with van der Waals surface area (Å²) in [4.78, 5) is 0. The standard InChI is InChI=1S/C11H20N4O/c1-8(2)16-7-11-14-13-10-5-9(6-12)3-4-15(10)11/h8-9H,3-7,12H2,1-2H3. The molecule has 0 spiro atoms. The van der Waals surface area contributed by atoms with Crippen molar-refractivity contribution in [2.24, 2.45) is 11.7 Å². The smallest absolute Gasteiger partial charge is 0.159 e. The van der Waals surface area contributed by atoms with Gasteiger partial charge in [-0.2, -0.15) is 0 Å². The van der Waals surface area contributed by atoms with Crippen LogP contribution in [0, 0.1) is 5.92 Å². The lowest BCUT2D eigenvalue weighted by molar-refractivity contribution is 0.0587. The summed E-state index contributed by atoms with van der Waals surface area (Å²) in [7, 11) is 0. The average Bonchev–Trinajstić information content (AvgIpc) is 2.68. The summed E-state index contributed by atoms with van der Waals surface area (Å²) in [6.45, 7) is 6.32. The first-order chi connectivity index (χ1) is 7.70. The molecule has 90 valence electrons. The summed E-state index contributed by atoms with van der Waals surface area (Å²) >= 11 is 0. The van der Waals surface area contributed by atoms with Gasteiger partial charge in [-0.25, -0.2) is 0 Å². The molecule has 0 radical (unpaired) electrons. The second-order valence-corrected chi connectivity index (χ2v) is 4.64. The van der Waals surface area contributed by atoms with Crippen molar-refractivity contribution in [3.05, 3.63) is 11.6 Å². The van der Waals surface area contributed by atoms with Crippen molar-refractivity contribution in [1.82, 2.24) is 14.8 Å². The Morgan fingerprint density at radius 2 is 2.31 bits per heavy atom. The normalized spacial score (nSPS) is 20.1. The number of rotatable bonds is 4. The van der Waals surface area contributed by atoms with E-state index < -0.39 is 0 Å². The summed E-state index contributed by atoms with van der Waals surface area (Å²) in [5, 5.41) is 8.40. The van der Waals surface area contributed by atoms with Crippen LogP contribution in [0.15, 0.2) is 0 Å². The van der Waals surface area contributed by atoms with E-state index in [9.17, 15) is 0 Å². The van der Waals surface area contributed by atoms with Crippen molar-refractivity contribution in [1.29, 1.82) is 0 Å². The second-order valence-electron chi connectivity index (χ2n) is 4.64. The van der Waals surface area contributed by atoms with E-state index in [2.05, 4.69) is 14.8 Å². The summed E-state index contributed by atoms with van der Waals surface area (Å²) < 4.78 is 7.73. The minimum Gasteiger partial charge on any atom is -0.371 e. The fourth-order valence-electron chi connectivity index (χ4n) is 2.00. The van der Waals surface area contributed by atoms with Crippen LogP contribution in [0.3, 0.4) is 0 Å². The molecule has 0 fully saturated rings. The van der Waals surface area contributed by atoms with Crippen molar-refractivity contribution < 1.29 is 4.74 Å². The van der Waals surface area contributed by atoms with Crippen LogP contribution in [0.5, 0.6) is 0 Å². The molecule has 1 aromatic heterocycles. The van der Waals surface area contributed by atoms with Gasteiger partial charge in [-0.15, -0.1) is 10.2 Å². The highest BCUT2D eigenvalue weighted by molar-refractivity contribution is 4.99. The SMILES string of the molecule is CC(C)OCc1nnc2n1CCC(CN)C2. The predicted octanol–water partition coefficient (Wildman–Crippen LogP) is 0.724. The van der Waals surface area contributed by atoms with Crippen LogP contribution in [0.2, 0.25) is 0 Å². The lowest BCUT2D eigenvalue weighted by atomic mass is 9.98. The molecule has 2 heterocycles. The fourth-order valence-corrected chi connectivity index (χ4v) is 2.00. The Labute approximate surface area is 96.0 Å². The van der Waals surface area contributed by atoms with Crippen LogP contribution in [0.1, 0.15) is 31.9 Å². The molecule has 0 bridgehead atoms. The van der Waals surface area contributed by atoms with Crippen molar-refractivity contribution in [2.45, 2.75) is 45.9 Å². The molecule has 2 N–H and O–H groups in total. The maximum Gasteiger partial charge on any atom is 0.159 e. The van der Waals surface area contributed by atoms with Crippen LogP contribution >= 0.6 is 0 Å². The third-order valence-electron chi connectivity index (χ3n) is 3.02. The van der Waals surface area contributed by atoms with Gasteiger partial charge in [0.05, 0.1) is 6.10 Å². The van der Waals surface area contributed by atoms with Gasteiger partial charge in [-0.1, -0.05) is 0 Å². The highest BCUT2D eigenvalue weighted by atomic mass is 16.5. The lowest BCUT2D eigenvalue weighted by Crippen LogP contribution is -2.26. The van der Waals surface area contributed by atoms with Crippen molar-refractivity contribution in [3.63, 3.8) is 0 Å². The Morgan fingerprint density at radius 3 is 3.00 bits per heavy atom. The highest BCUT2D eigenvalue weighted by Gasteiger charge is 2.21. The topological polar surface area (TPSA) is 66.0 Å². The van der Waals surface area contributed by atoms with Gasteiger partial charge in [-0.05, 0) is 32.7 Å². The predicted molar refractivity (Wildman–Crippen MR) is 60.8 cm³/mol. The Morgan fingerprint density at radius 1 is 1.50 bits per heavy atom.